The number of nitro benzene ring substituents is 1. The van der Waals surface area contributed by atoms with Crippen LogP contribution in [-0.2, 0) is 6.54 Å². The second kappa shape index (κ2) is 7.51. The Balaban J connectivity index is 2.29. The van der Waals surface area contributed by atoms with E-state index in [2.05, 4.69) is 0 Å². The molecule has 0 spiro atoms. The summed E-state index contributed by atoms with van der Waals surface area (Å²) in [4.78, 5) is 22.8. The number of nitrogens with zero attached hydrogens (tertiary/aromatic N) is 2. The van der Waals surface area contributed by atoms with E-state index in [9.17, 15) is 14.9 Å². The number of benzene rings is 1. The van der Waals surface area contributed by atoms with E-state index in [4.69, 9.17) is 5.11 Å². The van der Waals surface area contributed by atoms with Gasteiger partial charge in [0.2, 0.25) is 5.78 Å². The zero-order valence-corrected chi connectivity index (χ0v) is 12.8. The molecule has 1 N–H and O–H groups in total. The third-order valence-electron chi connectivity index (χ3n) is 3.44. The molecular formula is C17H18N2O4. The van der Waals surface area contributed by atoms with Crippen LogP contribution in [0.4, 0.5) is 5.69 Å². The van der Waals surface area contributed by atoms with Crippen molar-refractivity contribution in [1.82, 2.24) is 4.57 Å². The average molecular weight is 314 g/mol. The van der Waals surface area contributed by atoms with Crippen molar-refractivity contribution in [2.75, 3.05) is 6.61 Å². The maximum atomic E-state index is 12.6. The highest BCUT2D eigenvalue weighted by atomic mass is 16.6. The summed E-state index contributed by atoms with van der Waals surface area (Å²) in [5.41, 5.74) is 1.78. The molecule has 6 nitrogen and oxygen atoms in total. The van der Waals surface area contributed by atoms with Crippen LogP contribution in [0.2, 0.25) is 0 Å². The zero-order valence-electron chi connectivity index (χ0n) is 12.8. The molecule has 0 fully saturated rings. The number of non-ortho nitro benzene ring substituents is 1. The van der Waals surface area contributed by atoms with Crippen molar-refractivity contribution in [2.45, 2.75) is 19.9 Å². The summed E-state index contributed by atoms with van der Waals surface area (Å²) in [6.45, 7) is 2.66. The molecule has 0 amide bonds. The van der Waals surface area contributed by atoms with Crippen LogP contribution in [-0.4, -0.2) is 27.0 Å². The number of nitro groups is 1. The minimum atomic E-state index is -0.493. The monoisotopic (exact) mass is 314 g/mol. The van der Waals surface area contributed by atoms with Gasteiger partial charge in [-0.25, -0.2) is 0 Å². The molecule has 0 saturated carbocycles. The number of aliphatic hydroxyl groups excluding tert-OH is 1. The third-order valence-corrected chi connectivity index (χ3v) is 3.44. The maximum Gasteiger partial charge on any atom is 0.269 e. The largest absolute Gasteiger partial charge is 0.396 e. The summed E-state index contributed by atoms with van der Waals surface area (Å²) in [5.74, 6) is -0.177. The molecule has 0 unspecified atom stereocenters. The molecule has 0 atom stereocenters. The van der Waals surface area contributed by atoms with Crippen LogP contribution in [0.15, 0.2) is 42.6 Å². The molecule has 0 bridgehead atoms. The molecule has 120 valence electrons. The van der Waals surface area contributed by atoms with E-state index in [1.807, 2.05) is 29.8 Å². The summed E-state index contributed by atoms with van der Waals surface area (Å²) >= 11 is 0. The number of carbonyl (C=O) groups excluding carboxylic acids is 1. The molecular weight excluding hydrogens is 296 g/mol. The number of carbonyl (C=O) groups is 1. The molecule has 1 heterocycles. The Kier molecular flexibility index (Phi) is 5.43. The Hall–Kier alpha value is -2.73. The smallest absolute Gasteiger partial charge is 0.269 e. The number of hydrogen-bond acceptors (Lipinski definition) is 4. The molecule has 0 aliphatic rings. The molecule has 2 rings (SSSR count). The van der Waals surface area contributed by atoms with Crippen LogP contribution in [0.1, 0.15) is 35.0 Å². The Morgan fingerprint density at radius 1 is 1.35 bits per heavy atom. The van der Waals surface area contributed by atoms with Crippen molar-refractivity contribution in [2.24, 2.45) is 0 Å². The van der Waals surface area contributed by atoms with Crippen molar-refractivity contribution >= 4 is 17.5 Å². The van der Waals surface area contributed by atoms with Crippen LogP contribution in [0.5, 0.6) is 0 Å². The van der Waals surface area contributed by atoms with Crippen LogP contribution < -0.4 is 0 Å². The first kappa shape index (κ1) is 16.6. The Labute approximate surface area is 133 Å². The molecule has 0 radical (unpaired) electrons. The molecule has 2 aromatic rings. The maximum absolute atomic E-state index is 12.6. The lowest BCUT2D eigenvalue weighted by Gasteiger charge is -2.05. The van der Waals surface area contributed by atoms with E-state index in [0.717, 1.165) is 5.56 Å². The number of aromatic nitrogens is 1. The van der Waals surface area contributed by atoms with Gasteiger partial charge in [0.05, 0.1) is 10.6 Å². The second-order valence-corrected chi connectivity index (χ2v) is 4.99. The van der Waals surface area contributed by atoms with Gasteiger partial charge in [-0.3, -0.25) is 14.9 Å². The Bertz CT molecular complexity index is 730. The first-order chi connectivity index (χ1) is 11.1. The highest BCUT2D eigenvalue weighted by Gasteiger charge is 2.15. The van der Waals surface area contributed by atoms with Crippen molar-refractivity contribution in [3.05, 3.63) is 69.5 Å². The van der Waals surface area contributed by atoms with Crippen LogP contribution >= 0.6 is 0 Å². The third kappa shape index (κ3) is 3.92. The minimum absolute atomic E-state index is 0.0416. The molecule has 0 saturated heterocycles. The summed E-state index contributed by atoms with van der Waals surface area (Å²) < 4.78 is 1.84. The predicted molar refractivity (Wildman–Crippen MR) is 87.4 cm³/mol. The zero-order chi connectivity index (χ0) is 16.8. The van der Waals surface area contributed by atoms with E-state index < -0.39 is 4.92 Å². The summed E-state index contributed by atoms with van der Waals surface area (Å²) in [5, 5.41) is 19.5. The number of aliphatic hydroxyl groups is 1. The van der Waals surface area contributed by atoms with E-state index in [-0.39, 0.29) is 18.1 Å². The van der Waals surface area contributed by atoms with Gasteiger partial charge in [0.15, 0.2) is 0 Å². The van der Waals surface area contributed by atoms with Gasteiger partial charge in [-0.05, 0) is 37.1 Å². The number of hydrogen-bond donors (Lipinski definition) is 1. The van der Waals surface area contributed by atoms with Gasteiger partial charge in [-0.15, -0.1) is 0 Å². The predicted octanol–water partition coefficient (Wildman–Crippen LogP) is 3.04. The fourth-order valence-corrected chi connectivity index (χ4v) is 2.25. The van der Waals surface area contributed by atoms with E-state index >= 15 is 0 Å². The molecule has 23 heavy (non-hydrogen) atoms. The van der Waals surface area contributed by atoms with Gasteiger partial charge in [0.1, 0.15) is 0 Å². The first-order valence-corrected chi connectivity index (χ1v) is 7.33. The normalized spacial score (nSPS) is 11.0. The fraction of sp³-hybridized carbons (Fsp3) is 0.235. The Morgan fingerprint density at radius 2 is 2.04 bits per heavy atom. The van der Waals surface area contributed by atoms with Crippen LogP contribution in [0.25, 0.3) is 6.08 Å². The molecule has 6 heteroatoms. The number of aryl methyl sites for hydroxylation is 1. The lowest BCUT2D eigenvalue weighted by atomic mass is 10.1. The lowest BCUT2D eigenvalue weighted by Crippen LogP contribution is -2.08. The highest BCUT2D eigenvalue weighted by Crippen LogP contribution is 2.18. The van der Waals surface area contributed by atoms with Crippen molar-refractivity contribution in [3.63, 3.8) is 0 Å². The molecule has 1 aromatic heterocycles. The molecule has 0 aliphatic carbocycles. The second-order valence-electron chi connectivity index (χ2n) is 4.99. The first-order valence-electron chi connectivity index (χ1n) is 7.33. The highest BCUT2D eigenvalue weighted by molar-refractivity contribution is 6.08. The summed E-state index contributed by atoms with van der Waals surface area (Å²) in [6.07, 6.45) is 6.12. The Morgan fingerprint density at radius 3 is 2.61 bits per heavy atom. The van der Waals surface area contributed by atoms with Crippen molar-refractivity contribution in [1.29, 1.82) is 0 Å². The lowest BCUT2D eigenvalue weighted by molar-refractivity contribution is -0.384. The van der Waals surface area contributed by atoms with Gasteiger partial charge in [0, 0.05) is 37.0 Å². The molecule has 1 aromatic carbocycles. The van der Waals surface area contributed by atoms with Crippen LogP contribution in [0, 0.1) is 10.1 Å². The van der Waals surface area contributed by atoms with Gasteiger partial charge >= 0.3 is 0 Å². The molecule has 0 aliphatic heterocycles. The van der Waals surface area contributed by atoms with Gasteiger partial charge in [0.25, 0.3) is 5.69 Å². The fourth-order valence-electron chi connectivity index (χ4n) is 2.25. The van der Waals surface area contributed by atoms with E-state index in [1.165, 1.54) is 24.3 Å². The number of rotatable bonds is 7. The van der Waals surface area contributed by atoms with E-state index in [1.54, 1.807) is 6.07 Å². The SMILES string of the molecule is CCn1cc(/C=C/CCO)cc1C(=O)c1ccc([N+](=O)[O-])cc1. The van der Waals surface area contributed by atoms with Crippen LogP contribution in [0.3, 0.4) is 0 Å². The number of ketones is 1. The average Bonchev–Trinajstić information content (AvgIpc) is 2.97. The van der Waals surface area contributed by atoms with Gasteiger partial charge in [-0.1, -0.05) is 12.2 Å². The van der Waals surface area contributed by atoms with Crippen molar-refractivity contribution in [3.8, 4) is 0 Å². The summed E-state index contributed by atoms with van der Waals surface area (Å²) in [7, 11) is 0. The topological polar surface area (TPSA) is 85.4 Å². The van der Waals surface area contributed by atoms with Gasteiger partial charge < -0.3 is 9.67 Å². The van der Waals surface area contributed by atoms with E-state index in [0.29, 0.717) is 24.2 Å². The van der Waals surface area contributed by atoms with Crippen molar-refractivity contribution < 1.29 is 14.8 Å². The minimum Gasteiger partial charge on any atom is -0.396 e. The quantitative estimate of drug-likeness (QED) is 0.483. The summed E-state index contributed by atoms with van der Waals surface area (Å²) in [6, 6.07) is 7.37. The van der Waals surface area contributed by atoms with Gasteiger partial charge in [-0.2, -0.15) is 0 Å². The standard InChI is InChI=1S/C17H18N2O4/c1-2-18-12-13(5-3-4-10-20)11-16(18)17(21)14-6-8-15(9-7-14)19(22)23/h3,5-9,11-12,20H,2,4,10H2,1H3/b5-3+.